The number of aryl methyl sites for hydroxylation is 1. The average Bonchev–Trinajstić information content (AvgIpc) is 3.02. The molecule has 0 saturated carbocycles. The number of nitrogens with one attached hydrogen (secondary N) is 1. The summed E-state index contributed by atoms with van der Waals surface area (Å²) in [5.74, 6) is 1.47. The number of aromatic nitrogens is 2. The van der Waals surface area contributed by atoms with Gasteiger partial charge < -0.3 is 20.2 Å². The van der Waals surface area contributed by atoms with Gasteiger partial charge in [-0.1, -0.05) is 18.2 Å². The number of rotatable bonds is 6. The molecule has 1 heterocycles. The first kappa shape index (κ1) is 16.5. The molecule has 2 aromatic carbocycles. The largest absolute Gasteiger partial charge is 0.456 e. The molecule has 1 amide bonds. The van der Waals surface area contributed by atoms with Gasteiger partial charge in [-0.05, 0) is 31.2 Å². The van der Waals surface area contributed by atoms with Crippen LogP contribution in [-0.4, -0.2) is 16.1 Å². The van der Waals surface area contributed by atoms with Crippen LogP contribution in [0.2, 0.25) is 0 Å². The summed E-state index contributed by atoms with van der Waals surface area (Å²) in [4.78, 5) is 11.5. The van der Waals surface area contributed by atoms with Crippen LogP contribution in [0.25, 0.3) is 0 Å². The third-order valence-corrected chi connectivity index (χ3v) is 3.51. The van der Waals surface area contributed by atoms with Crippen LogP contribution in [-0.2, 0) is 0 Å². The van der Waals surface area contributed by atoms with E-state index in [2.05, 4.69) is 15.5 Å². The Hall–Kier alpha value is -3.35. The maximum atomic E-state index is 11.5. The van der Waals surface area contributed by atoms with E-state index in [1.54, 1.807) is 37.3 Å². The molecule has 3 rings (SSSR count). The van der Waals surface area contributed by atoms with Crippen LogP contribution in [0.3, 0.4) is 0 Å². The van der Waals surface area contributed by atoms with Crippen LogP contribution in [0.5, 0.6) is 11.5 Å². The molecule has 0 radical (unpaired) electrons. The highest BCUT2D eigenvalue weighted by molar-refractivity contribution is 5.95. The van der Waals surface area contributed by atoms with Crippen LogP contribution >= 0.6 is 0 Å². The molecule has 25 heavy (non-hydrogen) atoms. The summed E-state index contributed by atoms with van der Waals surface area (Å²) in [6.45, 7) is 3.66. The lowest BCUT2D eigenvalue weighted by atomic mass is 10.2. The predicted octanol–water partition coefficient (Wildman–Crippen LogP) is 3.44. The van der Waals surface area contributed by atoms with Gasteiger partial charge in [0.2, 0.25) is 11.8 Å². The van der Waals surface area contributed by atoms with Gasteiger partial charge in [0.25, 0.3) is 5.91 Å². The fourth-order valence-electron chi connectivity index (χ4n) is 2.33. The van der Waals surface area contributed by atoms with Gasteiger partial charge in [0, 0.05) is 18.7 Å². The minimum Gasteiger partial charge on any atom is -0.456 e. The first-order valence-electron chi connectivity index (χ1n) is 7.76. The zero-order valence-electron chi connectivity index (χ0n) is 13.9. The summed E-state index contributed by atoms with van der Waals surface area (Å²) in [6.07, 6.45) is 0. The second-order valence-electron chi connectivity index (χ2n) is 5.52. The third-order valence-electron chi connectivity index (χ3n) is 3.51. The topological polar surface area (TPSA) is 103 Å². The Labute approximate surface area is 144 Å². The molecule has 3 aromatic rings. The quantitative estimate of drug-likeness (QED) is 0.713. The van der Waals surface area contributed by atoms with E-state index in [-0.39, 0.29) is 6.04 Å². The Bertz CT molecular complexity index is 891. The minimum atomic E-state index is -0.537. The van der Waals surface area contributed by atoms with Crippen molar-refractivity contribution in [3.05, 3.63) is 65.9 Å². The van der Waals surface area contributed by atoms with Crippen LogP contribution in [0, 0.1) is 6.92 Å². The van der Waals surface area contributed by atoms with Crippen LogP contribution in [0.1, 0.15) is 35.1 Å². The summed E-state index contributed by atoms with van der Waals surface area (Å²) in [5.41, 5.74) is 6.52. The van der Waals surface area contributed by atoms with Gasteiger partial charge in [-0.25, -0.2) is 0 Å². The number of carbonyl (C=O) groups excluding carboxylic acids is 1. The van der Waals surface area contributed by atoms with Gasteiger partial charge in [0.15, 0.2) is 0 Å². The van der Waals surface area contributed by atoms with E-state index in [4.69, 9.17) is 14.9 Å². The molecular formula is C18H18N4O3. The van der Waals surface area contributed by atoms with Crippen molar-refractivity contribution in [2.24, 2.45) is 5.73 Å². The molecular weight excluding hydrogens is 320 g/mol. The third kappa shape index (κ3) is 3.95. The maximum Gasteiger partial charge on any atom is 0.252 e. The number of hydrogen-bond donors (Lipinski definition) is 2. The van der Waals surface area contributed by atoms with E-state index >= 15 is 0 Å². The fourth-order valence-corrected chi connectivity index (χ4v) is 2.33. The molecule has 0 spiro atoms. The highest BCUT2D eigenvalue weighted by Gasteiger charge is 2.13. The highest BCUT2D eigenvalue weighted by Crippen LogP contribution is 2.28. The molecule has 0 unspecified atom stereocenters. The Kier molecular flexibility index (Phi) is 4.65. The summed E-state index contributed by atoms with van der Waals surface area (Å²) in [7, 11) is 0. The normalized spacial score (nSPS) is 11.8. The van der Waals surface area contributed by atoms with Crippen LogP contribution in [0.4, 0.5) is 5.69 Å². The Balaban J connectivity index is 1.77. The molecule has 0 aliphatic rings. The van der Waals surface area contributed by atoms with Crippen molar-refractivity contribution in [3.8, 4) is 11.5 Å². The molecule has 0 fully saturated rings. The van der Waals surface area contributed by atoms with Gasteiger partial charge in [-0.15, -0.1) is 10.2 Å². The zero-order chi connectivity index (χ0) is 17.8. The molecule has 7 nitrogen and oxygen atoms in total. The molecule has 7 heteroatoms. The fraction of sp³-hybridized carbons (Fsp3) is 0.167. The monoisotopic (exact) mass is 338 g/mol. The Morgan fingerprint density at radius 1 is 1.20 bits per heavy atom. The van der Waals surface area contributed by atoms with Gasteiger partial charge >= 0.3 is 0 Å². The van der Waals surface area contributed by atoms with Gasteiger partial charge in [0.1, 0.15) is 17.5 Å². The van der Waals surface area contributed by atoms with Crippen LogP contribution in [0.15, 0.2) is 52.9 Å². The number of nitrogens with two attached hydrogens (primary N) is 1. The van der Waals surface area contributed by atoms with E-state index in [0.717, 1.165) is 5.69 Å². The van der Waals surface area contributed by atoms with Crippen molar-refractivity contribution in [2.75, 3.05) is 5.32 Å². The molecule has 128 valence electrons. The molecule has 0 aliphatic heterocycles. The Morgan fingerprint density at radius 3 is 2.72 bits per heavy atom. The van der Waals surface area contributed by atoms with Crippen molar-refractivity contribution < 1.29 is 13.9 Å². The van der Waals surface area contributed by atoms with E-state index in [1.165, 1.54) is 0 Å². The number of benzene rings is 2. The van der Waals surface area contributed by atoms with Crippen molar-refractivity contribution in [1.82, 2.24) is 10.2 Å². The first-order chi connectivity index (χ1) is 12.0. The smallest absolute Gasteiger partial charge is 0.252 e. The summed E-state index contributed by atoms with van der Waals surface area (Å²) in [6, 6.07) is 14.0. The lowest BCUT2D eigenvalue weighted by Crippen LogP contribution is -2.12. The lowest BCUT2D eigenvalue weighted by Gasteiger charge is -2.13. The number of primary amides is 1. The van der Waals surface area contributed by atoms with Gasteiger partial charge in [-0.2, -0.15) is 0 Å². The number of hydrogen-bond acceptors (Lipinski definition) is 6. The summed E-state index contributed by atoms with van der Waals surface area (Å²) in [5, 5.41) is 11.1. The molecule has 0 aliphatic carbocycles. The maximum absolute atomic E-state index is 11.5. The van der Waals surface area contributed by atoms with Gasteiger partial charge in [0.05, 0.1) is 5.56 Å². The predicted molar refractivity (Wildman–Crippen MR) is 92.5 cm³/mol. The highest BCUT2D eigenvalue weighted by atomic mass is 16.5. The number of amides is 1. The first-order valence-corrected chi connectivity index (χ1v) is 7.76. The number of ether oxygens (including phenoxy) is 1. The summed E-state index contributed by atoms with van der Waals surface area (Å²) < 4.78 is 11.2. The minimum absolute atomic E-state index is 0.158. The summed E-state index contributed by atoms with van der Waals surface area (Å²) >= 11 is 0. The van der Waals surface area contributed by atoms with Crippen molar-refractivity contribution in [2.45, 2.75) is 19.9 Å². The zero-order valence-corrected chi connectivity index (χ0v) is 13.9. The van der Waals surface area contributed by atoms with Crippen molar-refractivity contribution in [3.63, 3.8) is 0 Å². The van der Waals surface area contributed by atoms with Crippen molar-refractivity contribution >= 4 is 11.6 Å². The standard InChI is InChI=1S/C18H18N4O3/c1-11(18-22-21-12(2)24-18)20-13-6-5-7-14(10-13)25-16-9-4-3-8-15(16)17(19)23/h3-11,20H,1-2H3,(H2,19,23)/t11-/m1/s1. The molecule has 3 N–H and O–H groups in total. The van der Waals surface area contributed by atoms with E-state index in [9.17, 15) is 4.79 Å². The number of carbonyl (C=O) groups is 1. The second kappa shape index (κ2) is 7.04. The van der Waals surface area contributed by atoms with Crippen LogP contribution < -0.4 is 15.8 Å². The van der Waals surface area contributed by atoms with E-state index in [1.807, 2.05) is 25.1 Å². The molecule has 1 atom stereocenters. The number of para-hydroxylation sites is 1. The second-order valence-corrected chi connectivity index (χ2v) is 5.52. The molecule has 0 bridgehead atoms. The van der Waals surface area contributed by atoms with E-state index < -0.39 is 5.91 Å². The van der Waals surface area contributed by atoms with E-state index in [0.29, 0.717) is 28.8 Å². The number of anilines is 1. The van der Waals surface area contributed by atoms with Gasteiger partial charge in [-0.3, -0.25) is 4.79 Å². The molecule has 0 saturated heterocycles. The average molecular weight is 338 g/mol. The Morgan fingerprint density at radius 2 is 2.00 bits per heavy atom. The lowest BCUT2D eigenvalue weighted by molar-refractivity contribution is 0.0998. The number of nitrogens with zero attached hydrogens (tertiary/aromatic N) is 2. The SMILES string of the molecule is Cc1nnc([C@@H](C)Nc2cccc(Oc3ccccc3C(N)=O)c2)o1. The molecule has 1 aromatic heterocycles. The van der Waals surface area contributed by atoms with Crippen molar-refractivity contribution in [1.29, 1.82) is 0 Å².